The number of aromatic amines is 1. The molecule has 2 aromatic rings. The fourth-order valence-electron chi connectivity index (χ4n) is 4.72. The van der Waals surface area contributed by atoms with Crippen molar-refractivity contribution in [1.29, 1.82) is 0 Å². The van der Waals surface area contributed by atoms with Crippen LogP contribution in [-0.4, -0.2) is 41.7 Å². The molecule has 1 saturated heterocycles. The predicted molar refractivity (Wildman–Crippen MR) is 108 cm³/mol. The number of aryl methyl sites for hydroxylation is 1. The lowest BCUT2D eigenvalue weighted by molar-refractivity contribution is -0.143. The number of fused-ring (bicyclic) bond motifs is 1. The van der Waals surface area contributed by atoms with Crippen LogP contribution >= 0.6 is 0 Å². The second kappa shape index (κ2) is 7.47. The van der Waals surface area contributed by atoms with Crippen molar-refractivity contribution in [2.45, 2.75) is 45.4 Å². The van der Waals surface area contributed by atoms with Gasteiger partial charge in [-0.15, -0.1) is 0 Å². The monoisotopic (exact) mass is 367 g/mol. The van der Waals surface area contributed by atoms with E-state index < -0.39 is 0 Å². The standard InChI is InChI=1S/C22H29N3O2/c1-16-13-22(9-11-25(2)12-10-22)14-20(16)24-27-21(26)8-7-17-15-23-19-6-4-3-5-18(17)19/h3-6,15-16,23H,7-14H2,1-2H3/b24-20+. The van der Waals surface area contributed by atoms with E-state index in [0.717, 1.165) is 36.3 Å². The molecule has 1 aromatic carbocycles. The lowest BCUT2D eigenvalue weighted by atomic mass is 9.76. The highest BCUT2D eigenvalue weighted by Gasteiger charge is 2.43. The SMILES string of the molecule is CC1CC2(CCN(C)CC2)C/C1=N\OC(=O)CCc1c[nH]c2ccccc12. The molecule has 1 saturated carbocycles. The summed E-state index contributed by atoms with van der Waals surface area (Å²) in [5.74, 6) is 0.166. The van der Waals surface area contributed by atoms with E-state index in [-0.39, 0.29) is 5.97 Å². The van der Waals surface area contributed by atoms with Gasteiger partial charge in [-0.3, -0.25) is 0 Å². The highest BCUT2D eigenvalue weighted by atomic mass is 16.7. The van der Waals surface area contributed by atoms with Gasteiger partial charge in [0.25, 0.3) is 0 Å². The molecule has 5 nitrogen and oxygen atoms in total. The van der Waals surface area contributed by atoms with Crippen LogP contribution in [0, 0.1) is 11.3 Å². The van der Waals surface area contributed by atoms with Crippen molar-refractivity contribution in [3.8, 4) is 0 Å². The van der Waals surface area contributed by atoms with Crippen molar-refractivity contribution in [1.82, 2.24) is 9.88 Å². The number of para-hydroxylation sites is 1. The van der Waals surface area contributed by atoms with Gasteiger partial charge in [0.1, 0.15) is 0 Å². The van der Waals surface area contributed by atoms with Crippen LogP contribution in [0.1, 0.15) is 44.6 Å². The van der Waals surface area contributed by atoms with Crippen LogP contribution in [0.2, 0.25) is 0 Å². The maximum atomic E-state index is 12.2. The number of carbonyl (C=O) groups excluding carboxylic acids is 1. The Hall–Kier alpha value is -2.14. The fraction of sp³-hybridized carbons (Fsp3) is 0.545. The van der Waals surface area contributed by atoms with E-state index in [1.807, 2.05) is 24.4 Å². The molecule has 27 heavy (non-hydrogen) atoms. The highest BCUT2D eigenvalue weighted by Crippen LogP contribution is 2.47. The minimum absolute atomic E-state index is 0.246. The van der Waals surface area contributed by atoms with Gasteiger partial charge in [-0.1, -0.05) is 30.3 Å². The van der Waals surface area contributed by atoms with Crippen LogP contribution in [0.15, 0.2) is 35.6 Å². The molecule has 1 spiro atoms. The first-order valence-electron chi connectivity index (χ1n) is 10.0. The van der Waals surface area contributed by atoms with Gasteiger partial charge in [0.15, 0.2) is 0 Å². The summed E-state index contributed by atoms with van der Waals surface area (Å²) >= 11 is 0. The van der Waals surface area contributed by atoms with Gasteiger partial charge in [-0.2, -0.15) is 0 Å². The Labute approximate surface area is 160 Å². The van der Waals surface area contributed by atoms with Gasteiger partial charge in [0.05, 0.1) is 12.1 Å². The summed E-state index contributed by atoms with van der Waals surface area (Å²) < 4.78 is 0. The Kier molecular flexibility index (Phi) is 5.04. The first kappa shape index (κ1) is 18.2. The Morgan fingerprint density at radius 3 is 2.93 bits per heavy atom. The molecule has 2 heterocycles. The van der Waals surface area contributed by atoms with Crippen molar-refractivity contribution in [2.75, 3.05) is 20.1 Å². The molecule has 0 amide bonds. The summed E-state index contributed by atoms with van der Waals surface area (Å²) in [6.45, 7) is 4.53. The number of carbonyl (C=O) groups is 1. The van der Waals surface area contributed by atoms with Gasteiger partial charge in [0.2, 0.25) is 0 Å². The summed E-state index contributed by atoms with van der Waals surface area (Å²) in [5.41, 5.74) is 3.69. The summed E-state index contributed by atoms with van der Waals surface area (Å²) in [6.07, 6.45) is 7.60. The first-order valence-corrected chi connectivity index (χ1v) is 10.0. The van der Waals surface area contributed by atoms with E-state index in [9.17, 15) is 4.79 Å². The largest absolute Gasteiger partial charge is 0.361 e. The van der Waals surface area contributed by atoms with Crippen molar-refractivity contribution in [3.05, 3.63) is 36.0 Å². The van der Waals surface area contributed by atoms with Gasteiger partial charge < -0.3 is 14.7 Å². The van der Waals surface area contributed by atoms with E-state index in [4.69, 9.17) is 4.84 Å². The summed E-state index contributed by atoms with van der Waals surface area (Å²) in [4.78, 5) is 23.1. The molecule has 1 atom stereocenters. The molecule has 1 aliphatic carbocycles. The normalized spacial score (nSPS) is 24.1. The smallest absolute Gasteiger partial charge is 0.335 e. The van der Waals surface area contributed by atoms with Gasteiger partial charge in [0, 0.05) is 17.1 Å². The molecule has 1 N–H and O–H groups in total. The van der Waals surface area contributed by atoms with Crippen LogP contribution in [-0.2, 0) is 16.1 Å². The minimum atomic E-state index is -0.246. The molecule has 0 bridgehead atoms. The Morgan fingerprint density at radius 2 is 2.11 bits per heavy atom. The van der Waals surface area contributed by atoms with Crippen LogP contribution < -0.4 is 0 Å². The van der Waals surface area contributed by atoms with E-state index >= 15 is 0 Å². The molecule has 1 unspecified atom stereocenters. The number of nitrogens with zero attached hydrogens (tertiary/aromatic N) is 2. The third-order valence-corrected chi connectivity index (χ3v) is 6.45. The molecule has 0 radical (unpaired) electrons. The third kappa shape index (κ3) is 3.93. The summed E-state index contributed by atoms with van der Waals surface area (Å²) in [5, 5.41) is 5.45. The summed E-state index contributed by atoms with van der Waals surface area (Å²) in [6, 6.07) is 8.15. The molecular formula is C22H29N3O2. The molecule has 144 valence electrons. The number of rotatable bonds is 4. The lowest BCUT2D eigenvalue weighted by Crippen LogP contribution is -2.36. The minimum Gasteiger partial charge on any atom is -0.361 e. The van der Waals surface area contributed by atoms with Crippen molar-refractivity contribution >= 4 is 22.6 Å². The molecular weight excluding hydrogens is 338 g/mol. The second-order valence-electron chi connectivity index (χ2n) is 8.49. The molecule has 1 aliphatic heterocycles. The maximum Gasteiger partial charge on any atom is 0.335 e. The van der Waals surface area contributed by atoms with E-state index in [1.165, 1.54) is 24.6 Å². The number of likely N-dealkylation sites (tertiary alicyclic amines) is 1. The van der Waals surface area contributed by atoms with Crippen LogP contribution in [0.5, 0.6) is 0 Å². The van der Waals surface area contributed by atoms with Gasteiger partial charge >= 0.3 is 5.97 Å². The number of piperidine rings is 1. The van der Waals surface area contributed by atoms with Gasteiger partial charge in [-0.25, -0.2) is 4.79 Å². The fourth-order valence-corrected chi connectivity index (χ4v) is 4.72. The van der Waals surface area contributed by atoms with Crippen molar-refractivity contribution in [2.24, 2.45) is 16.5 Å². The number of hydrogen-bond acceptors (Lipinski definition) is 4. The first-order chi connectivity index (χ1) is 13.0. The maximum absolute atomic E-state index is 12.2. The Balaban J connectivity index is 1.32. The molecule has 4 rings (SSSR count). The Bertz CT molecular complexity index is 846. The Morgan fingerprint density at radius 1 is 1.33 bits per heavy atom. The van der Waals surface area contributed by atoms with E-state index in [0.29, 0.717) is 24.2 Å². The lowest BCUT2D eigenvalue weighted by Gasteiger charge is -2.37. The number of H-pyrrole nitrogens is 1. The number of aromatic nitrogens is 1. The van der Waals surface area contributed by atoms with Crippen molar-refractivity contribution in [3.63, 3.8) is 0 Å². The zero-order valence-electron chi connectivity index (χ0n) is 16.3. The molecule has 2 aliphatic rings. The number of nitrogens with one attached hydrogen (secondary N) is 1. The number of oxime groups is 1. The van der Waals surface area contributed by atoms with Crippen LogP contribution in [0.25, 0.3) is 10.9 Å². The number of benzene rings is 1. The quantitative estimate of drug-likeness (QED) is 0.653. The average molecular weight is 367 g/mol. The van der Waals surface area contributed by atoms with Gasteiger partial charge in [-0.05, 0) is 75.2 Å². The zero-order valence-corrected chi connectivity index (χ0v) is 16.3. The van der Waals surface area contributed by atoms with Crippen LogP contribution in [0.3, 0.4) is 0 Å². The van der Waals surface area contributed by atoms with E-state index in [2.05, 4.69) is 35.1 Å². The molecule has 1 aromatic heterocycles. The summed E-state index contributed by atoms with van der Waals surface area (Å²) in [7, 11) is 2.19. The second-order valence-corrected chi connectivity index (χ2v) is 8.49. The molecule has 2 fully saturated rings. The third-order valence-electron chi connectivity index (χ3n) is 6.45. The van der Waals surface area contributed by atoms with Crippen LogP contribution in [0.4, 0.5) is 0 Å². The average Bonchev–Trinajstić information content (AvgIpc) is 3.22. The molecule has 5 heteroatoms. The van der Waals surface area contributed by atoms with E-state index in [1.54, 1.807) is 0 Å². The topological polar surface area (TPSA) is 57.7 Å². The highest BCUT2D eigenvalue weighted by molar-refractivity contribution is 5.89. The number of hydrogen-bond donors (Lipinski definition) is 1. The zero-order chi connectivity index (χ0) is 18.9. The van der Waals surface area contributed by atoms with Crippen molar-refractivity contribution < 1.29 is 9.63 Å². The predicted octanol–water partition coefficient (Wildman–Crippen LogP) is 4.14.